The number of nitriles is 1. The lowest BCUT2D eigenvalue weighted by Gasteiger charge is -2.24. The molecule has 0 saturated carbocycles. The van der Waals surface area contributed by atoms with Crippen molar-refractivity contribution >= 4 is 5.69 Å². The highest BCUT2D eigenvalue weighted by atomic mass is 16.5. The third-order valence-corrected chi connectivity index (χ3v) is 2.97. The Labute approximate surface area is 96.0 Å². The minimum absolute atomic E-state index is 0.433. The molecule has 1 heterocycles. The predicted molar refractivity (Wildman–Crippen MR) is 63.4 cm³/mol. The molecule has 0 aromatic heterocycles. The van der Waals surface area contributed by atoms with E-state index in [1.807, 2.05) is 25.1 Å². The van der Waals surface area contributed by atoms with Crippen molar-refractivity contribution in [3.05, 3.63) is 29.3 Å². The van der Waals surface area contributed by atoms with Crippen LogP contribution in [0.4, 0.5) is 5.69 Å². The summed E-state index contributed by atoms with van der Waals surface area (Å²) >= 11 is 0. The van der Waals surface area contributed by atoms with Gasteiger partial charge in [-0.15, -0.1) is 0 Å². The van der Waals surface area contributed by atoms with E-state index in [1.165, 1.54) is 0 Å². The van der Waals surface area contributed by atoms with Gasteiger partial charge in [-0.25, -0.2) is 0 Å². The molecule has 0 aliphatic carbocycles. The Bertz CT molecular complexity index is 403. The van der Waals surface area contributed by atoms with E-state index in [2.05, 4.69) is 11.4 Å². The molecule has 1 aromatic carbocycles. The van der Waals surface area contributed by atoms with Crippen molar-refractivity contribution in [1.82, 2.24) is 0 Å². The minimum atomic E-state index is 0.433. The molecule has 84 valence electrons. The van der Waals surface area contributed by atoms with Gasteiger partial charge in [0, 0.05) is 19.3 Å². The molecule has 0 atom stereocenters. The maximum Gasteiger partial charge on any atom is 0.102 e. The van der Waals surface area contributed by atoms with Crippen LogP contribution < -0.4 is 5.32 Å². The third-order valence-electron chi connectivity index (χ3n) is 2.97. The number of aryl methyl sites for hydroxylation is 1. The summed E-state index contributed by atoms with van der Waals surface area (Å²) in [6.45, 7) is 3.59. The van der Waals surface area contributed by atoms with Gasteiger partial charge in [-0.1, -0.05) is 12.1 Å². The zero-order valence-electron chi connectivity index (χ0n) is 9.49. The second-order valence-electron chi connectivity index (χ2n) is 4.14. The lowest BCUT2D eigenvalue weighted by molar-refractivity contribution is 0.0904. The quantitative estimate of drug-likeness (QED) is 0.826. The molecule has 0 amide bonds. The van der Waals surface area contributed by atoms with E-state index in [9.17, 15) is 0 Å². The number of rotatable bonds is 2. The standard InChI is InChI=1S/C13H16N2O/c1-10-3-2-4-13(12(10)9-14)15-11-5-7-16-8-6-11/h2-4,11,15H,5-8H2,1H3. The second kappa shape index (κ2) is 5.00. The zero-order chi connectivity index (χ0) is 11.4. The maximum atomic E-state index is 9.11. The molecular formula is C13H16N2O. The van der Waals surface area contributed by atoms with Crippen molar-refractivity contribution in [3.63, 3.8) is 0 Å². The van der Waals surface area contributed by atoms with Gasteiger partial charge in [0.15, 0.2) is 0 Å². The van der Waals surface area contributed by atoms with Crippen LogP contribution in [-0.4, -0.2) is 19.3 Å². The van der Waals surface area contributed by atoms with Gasteiger partial charge in [0.05, 0.1) is 11.3 Å². The lowest BCUT2D eigenvalue weighted by atomic mass is 10.0. The summed E-state index contributed by atoms with van der Waals surface area (Å²) in [6, 6.07) is 8.62. The van der Waals surface area contributed by atoms with Crippen LogP contribution in [0.5, 0.6) is 0 Å². The summed E-state index contributed by atoms with van der Waals surface area (Å²) in [6.07, 6.45) is 2.03. The predicted octanol–water partition coefficient (Wildman–Crippen LogP) is 2.46. The molecule has 1 fully saturated rings. The first-order valence-corrected chi connectivity index (χ1v) is 5.65. The third kappa shape index (κ3) is 2.34. The van der Waals surface area contributed by atoms with E-state index in [-0.39, 0.29) is 0 Å². The largest absolute Gasteiger partial charge is 0.381 e. The topological polar surface area (TPSA) is 45.0 Å². The van der Waals surface area contributed by atoms with E-state index in [0.717, 1.165) is 42.9 Å². The Kier molecular flexibility index (Phi) is 3.43. The van der Waals surface area contributed by atoms with Crippen LogP contribution in [-0.2, 0) is 4.74 Å². The Morgan fingerprint density at radius 3 is 2.81 bits per heavy atom. The fraction of sp³-hybridized carbons (Fsp3) is 0.462. The molecule has 0 spiro atoms. The van der Waals surface area contributed by atoms with Crippen LogP contribution in [0.2, 0.25) is 0 Å². The van der Waals surface area contributed by atoms with Crippen LogP contribution in [0.1, 0.15) is 24.0 Å². The Morgan fingerprint density at radius 1 is 1.38 bits per heavy atom. The summed E-state index contributed by atoms with van der Waals surface area (Å²) in [5.41, 5.74) is 2.74. The molecule has 1 N–H and O–H groups in total. The van der Waals surface area contributed by atoms with Gasteiger partial charge in [0.25, 0.3) is 0 Å². The molecule has 0 bridgehead atoms. The average molecular weight is 216 g/mol. The SMILES string of the molecule is Cc1cccc(NC2CCOCC2)c1C#N. The van der Waals surface area contributed by atoms with Crippen LogP contribution in [0.3, 0.4) is 0 Å². The van der Waals surface area contributed by atoms with Gasteiger partial charge in [0.1, 0.15) is 6.07 Å². The summed E-state index contributed by atoms with van der Waals surface area (Å²) in [5, 5.41) is 12.6. The molecule has 2 rings (SSSR count). The number of benzene rings is 1. The van der Waals surface area contributed by atoms with Gasteiger partial charge < -0.3 is 10.1 Å². The first-order valence-electron chi connectivity index (χ1n) is 5.65. The molecule has 16 heavy (non-hydrogen) atoms. The van der Waals surface area contributed by atoms with Crippen LogP contribution in [0, 0.1) is 18.3 Å². The maximum absolute atomic E-state index is 9.11. The van der Waals surface area contributed by atoms with Gasteiger partial charge in [-0.3, -0.25) is 0 Å². The molecule has 1 aromatic rings. The Morgan fingerprint density at radius 2 is 2.12 bits per heavy atom. The number of hydrogen-bond acceptors (Lipinski definition) is 3. The molecule has 3 nitrogen and oxygen atoms in total. The number of hydrogen-bond donors (Lipinski definition) is 1. The summed E-state index contributed by atoms with van der Waals surface area (Å²) in [4.78, 5) is 0. The monoisotopic (exact) mass is 216 g/mol. The first kappa shape index (κ1) is 11.0. The van der Waals surface area contributed by atoms with E-state index < -0.39 is 0 Å². The van der Waals surface area contributed by atoms with E-state index in [4.69, 9.17) is 10.00 Å². The van der Waals surface area contributed by atoms with Gasteiger partial charge in [0.2, 0.25) is 0 Å². The van der Waals surface area contributed by atoms with Crippen molar-refractivity contribution in [2.24, 2.45) is 0 Å². The van der Waals surface area contributed by atoms with Crippen LogP contribution >= 0.6 is 0 Å². The summed E-state index contributed by atoms with van der Waals surface area (Å²) in [5.74, 6) is 0. The van der Waals surface area contributed by atoms with Crippen molar-refractivity contribution in [2.75, 3.05) is 18.5 Å². The smallest absolute Gasteiger partial charge is 0.102 e. The Hall–Kier alpha value is -1.53. The molecule has 1 saturated heterocycles. The number of nitrogens with zero attached hydrogens (tertiary/aromatic N) is 1. The average Bonchev–Trinajstić information content (AvgIpc) is 2.31. The fourth-order valence-electron chi connectivity index (χ4n) is 2.00. The highest BCUT2D eigenvalue weighted by Gasteiger charge is 2.15. The van der Waals surface area contributed by atoms with Crippen molar-refractivity contribution in [3.8, 4) is 6.07 Å². The number of anilines is 1. The molecule has 0 radical (unpaired) electrons. The van der Waals surface area contributed by atoms with Crippen LogP contribution in [0.15, 0.2) is 18.2 Å². The summed E-state index contributed by atoms with van der Waals surface area (Å²) in [7, 11) is 0. The van der Waals surface area contributed by atoms with Gasteiger partial charge >= 0.3 is 0 Å². The van der Waals surface area contributed by atoms with Gasteiger partial charge in [-0.2, -0.15) is 5.26 Å². The zero-order valence-corrected chi connectivity index (χ0v) is 9.49. The highest BCUT2D eigenvalue weighted by Crippen LogP contribution is 2.21. The molecule has 0 unspecified atom stereocenters. The minimum Gasteiger partial charge on any atom is -0.381 e. The highest BCUT2D eigenvalue weighted by molar-refractivity contribution is 5.61. The molecule has 1 aliphatic rings. The Balaban J connectivity index is 2.14. The number of nitrogens with one attached hydrogen (secondary N) is 1. The fourth-order valence-corrected chi connectivity index (χ4v) is 2.00. The first-order chi connectivity index (χ1) is 7.81. The van der Waals surface area contributed by atoms with Gasteiger partial charge in [-0.05, 0) is 31.4 Å². The van der Waals surface area contributed by atoms with Crippen LogP contribution in [0.25, 0.3) is 0 Å². The molecule has 3 heteroatoms. The van der Waals surface area contributed by atoms with Crippen molar-refractivity contribution in [1.29, 1.82) is 5.26 Å². The normalized spacial score (nSPS) is 16.8. The second-order valence-corrected chi connectivity index (χ2v) is 4.14. The van der Waals surface area contributed by atoms with E-state index in [0.29, 0.717) is 6.04 Å². The summed E-state index contributed by atoms with van der Waals surface area (Å²) < 4.78 is 5.31. The van der Waals surface area contributed by atoms with E-state index >= 15 is 0 Å². The number of ether oxygens (including phenoxy) is 1. The molecular weight excluding hydrogens is 200 g/mol. The van der Waals surface area contributed by atoms with E-state index in [1.54, 1.807) is 0 Å². The molecule has 1 aliphatic heterocycles. The van der Waals surface area contributed by atoms with Crippen molar-refractivity contribution < 1.29 is 4.74 Å². The van der Waals surface area contributed by atoms with Crippen molar-refractivity contribution in [2.45, 2.75) is 25.8 Å². The lowest BCUT2D eigenvalue weighted by Crippen LogP contribution is -2.28.